The molecule has 0 spiro atoms. The van der Waals surface area contributed by atoms with Crippen LogP contribution in [0.3, 0.4) is 0 Å². The molecule has 0 radical (unpaired) electrons. The molecule has 0 saturated heterocycles. The summed E-state index contributed by atoms with van der Waals surface area (Å²) in [7, 11) is 3.49. The van der Waals surface area contributed by atoms with Gasteiger partial charge in [-0.05, 0) is 12.1 Å². The lowest BCUT2D eigenvalue weighted by molar-refractivity contribution is 0.0866. The van der Waals surface area contributed by atoms with E-state index in [1.165, 1.54) is 5.56 Å². The van der Waals surface area contributed by atoms with E-state index in [4.69, 9.17) is 9.47 Å². The maximum atomic E-state index is 5.24. The van der Waals surface area contributed by atoms with Crippen LogP contribution in [0, 0.1) is 0 Å². The molecule has 4 nitrogen and oxygen atoms in total. The van der Waals surface area contributed by atoms with Gasteiger partial charge in [0, 0.05) is 39.9 Å². The minimum Gasteiger partial charge on any atom is -0.383 e. The second-order valence-electron chi connectivity index (χ2n) is 4.76. The summed E-state index contributed by atoms with van der Waals surface area (Å²) < 4.78 is 10.5. The first kappa shape index (κ1) is 17.1. The fraction of sp³-hybridized carbons (Fsp3) is 0.625. The van der Waals surface area contributed by atoms with Crippen LogP contribution in [0.5, 0.6) is 0 Å². The van der Waals surface area contributed by atoms with Crippen molar-refractivity contribution in [3.05, 3.63) is 35.9 Å². The molecular weight excluding hydrogens is 252 g/mol. The number of hydrogen-bond donors (Lipinski definition) is 1. The Balaban J connectivity index is 2.79. The highest BCUT2D eigenvalue weighted by molar-refractivity contribution is 5.19. The molecule has 0 aliphatic carbocycles. The summed E-state index contributed by atoms with van der Waals surface area (Å²) in [5.74, 6) is 0. The Morgan fingerprint density at radius 2 is 1.65 bits per heavy atom. The zero-order valence-corrected chi connectivity index (χ0v) is 13.0. The fourth-order valence-electron chi connectivity index (χ4n) is 2.25. The summed E-state index contributed by atoms with van der Waals surface area (Å²) in [5, 5.41) is 3.46. The van der Waals surface area contributed by atoms with Crippen LogP contribution in [0.15, 0.2) is 30.3 Å². The second kappa shape index (κ2) is 10.8. The van der Waals surface area contributed by atoms with Gasteiger partial charge in [0.15, 0.2) is 0 Å². The summed E-state index contributed by atoms with van der Waals surface area (Å²) in [4.78, 5) is 2.42. The van der Waals surface area contributed by atoms with Crippen LogP contribution in [0.1, 0.15) is 18.5 Å². The third kappa shape index (κ3) is 6.01. The van der Waals surface area contributed by atoms with Crippen LogP contribution in [0.25, 0.3) is 0 Å². The Morgan fingerprint density at radius 3 is 2.15 bits per heavy atom. The lowest BCUT2D eigenvalue weighted by Gasteiger charge is -2.32. The molecule has 1 atom stereocenters. The van der Waals surface area contributed by atoms with Gasteiger partial charge < -0.3 is 14.8 Å². The third-order valence-corrected chi connectivity index (χ3v) is 3.38. The topological polar surface area (TPSA) is 33.7 Å². The Bertz CT molecular complexity index is 325. The van der Waals surface area contributed by atoms with Gasteiger partial charge in [0.05, 0.1) is 13.2 Å². The minimum absolute atomic E-state index is 0.349. The van der Waals surface area contributed by atoms with Crippen LogP contribution < -0.4 is 5.32 Å². The van der Waals surface area contributed by atoms with Crippen LogP contribution in [-0.4, -0.2) is 58.5 Å². The number of rotatable bonds is 11. The van der Waals surface area contributed by atoms with Gasteiger partial charge in [-0.25, -0.2) is 0 Å². The largest absolute Gasteiger partial charge is 0.383 e. The Labute approximate surface area is 123 Å². The maximum Gasteiger partial charge on any atom is 0.0589 e. The van der Waals surface area contributed by atoms with Crippen molar-refractivity contribution >= 4 is 0 Å². The molecule has 0 heterocycles. The molecule has 1 aromatic carbocycles. The van der Waals surface area contributed by atoms with Gasteiger partial charge in [-0.1, -0.05) is 37.3 Å². The molecule has 1 rings (SSSR count). The van der Waals surface area contributed by atoms with E-state index in [9.17, 15) is 0 Å². The molecule has 0 saturated carbocycles. The first-order valence-corrected chi connectivity index (χ1v) is 7.31. The molecule has 0 bridgehead atoms. The van der Waals surface area contributed by atoms with Crippen molar-refractivity contribution < 1.29 is 9.47 Å². The van der Waals surface area contributed by atoms with E-state index < -0.39 is 0 Å². The second-order valence-corrected chi connectivity index (χ2v) is 4.76. The molecule has 1 N–H and O–H groups in total. The van der Waals surface area contributed by atoms with E-state index >= 15 is 0 Å². The first-order valence-electron chi connectivity index (χ1n) is 7.31. The standard InChI is InChI=1S/C16H28N2O2/c1-4-17-14-16(15-8-6-5-7-9-15)18(10-12-19-2)11-13-20-3/h5-9,16-17H,4,10-14H2,1-3H3. The molecule has 1 unspecified atom stereocenters. The quantitative estimate of drug-likeness (QED) is 0.671. The maximum absolute atomic E-state index is 5.24. The lowest BCUT2D eigenvalue weighted by Crippen LogP contribution is -2.39. The summed E-state index contributed by atoms with van der Waals surface area (Å²) in [6, 6.07) is 11.0. The number of methoxy groups -OCH3 is 2. The van der Waals surface area contributed by atoms with Crippen molar-refractivity contribution in [1.82, 2.24) is 10.2 Å². The van der Waals surface area contributed by atoms with Gasteiger partial charge in [-0.3, -0.25) is 4.90 Å². The third-order valence-electron chi connectivity index (χ3n) is 3.38. The number of nitrogens with one attached hydrogen (secondary N) is 1. The zero-order valence-electron chi connectivity index (χ0n) is 13.0. The molecule has 0 aliphatic rings. The van der Waals surface area contributed by atoms with E-state index in [0.29, 0.717) is 6.04 Å². The van der Waals surface area contributed by atoms with Crippen molar-refractivity contribution in [2.24, 2.45) is 0 Å². The normalized spacial score (nSPS) is 12.8. The molecule has 20 heavy (non-hydrogen) atoms. The van der Waals surface area contributed by atoms with Gasteiger partial charge in [-0.15, -0.1) is 0 Å². The van der Waals surface area contributed by atoms with E-state index in [-0.39, 0.29) is 0 Å². The average molecular weight is 280 g/mol. The van der Waals surface area contributed by atoms with Crippen molar-refractivity contribution in [3.8, 4) is 0 Å². The Morgan fingerprint density at radius 1 is 1.05 bits per heavy atom. The van der Waals surface area contributed by atoms with Crippen LogP contribution in [0.4, 0.5) is 0 Å². The molecule has 0 fully saturated rings. The van der Waals surface area contributed by atoms with Crippen LogP contribution >= 0.6 is 0 Å². The van der Waals surface area contributed by atoms with E-state index in [1.54, 1.807) is 14.2 Å². The Hall–Kier alpha value is -0.940. The van der Waals surface area contributed by atoms with E-state index in [1.807, 2.05) is 0 Å². The number of benzene rings is 1. The molecule has 1 aromatic rings. The SMILES string of the molecule is CCNCC(c1ccccc1)N(CCOC)CCOC. The number of likely N-dealkylation sites (N-methyl/N-ethyl adjacent to an activating group) is 1. The summed E-state index contributed by atoms with van der Waals surface area (Å²) in [6.45, 7) is 7.34. The molecule has 0 amide bonds. The predicted molar refractivity (Wildman–Crippen MR) is 83.1 cm³/mol. The van der Waals surface area contributed by atoms with E-state index in [2.05, 4.69) is 47.5 Å². The number of hydrogen-bond acceptors (Lipinski definition) is 4. The number of ether oxygens (including phenoxy) is 2. The predicted octanol–water partition coefficient (Wildman–Crippen LogP) is 1.93. The molecule has 4 heteroatoms. The summed E-state index contributed by atoms with van der Waals surface area (Å²) >= 11 is 0. The smallest absolute Gasteiger partial charge is 0.0589 e. The zero-order chi connectivity index (χ0) is 14.6. The van der Waals surface area contributed by atoms with Gasteiger partial charge in [-0.2, -0.15) is 0 Å². The summed E-state index contributed by atoms with van der Waals surface area (Å²) in [6.07, 6.45) is 0. The molecule has 0 aromatic heterocycles. The van der Waals surface area contributed by atoms with Gasteiger partial charge in [0.25, 0.3) is 0 Å². The van der Waals surface area contributed by atoms with Gasteiger partial charge in [0.2, 0.25) is 0 Å². The van der Waals surface area contributed by atoms with E-state index in [0.717, 1.165) is 39.4 Å². The van der Waals surface area contributed by atoms with Crippen molar-refractivity contribution in [2.75, 3.05) is 53.6 Å². The van der Waals surface area contributed by atoms with Crippen molar-refractivity contribution in [1.29, 1.82) is 0 Å². The van der Waals surface area contributed by atoms with Crippen molar-refractivity contribution in [3.63, 3.8) is 0 Å². The monoisotopic (exact) mass is 280 g/mol. The lowest BCUT2D eigenvalue weighted by atomic mass is 10.0. The van der Waals surface area contributed by atoms with Crippen molar-refractivity contribution in [2.45, 2.75) is 13.0 Å². The van der Waals surface area contributed by atoms with Crippen LogP contribution in [0.2, 0.25) is 0 Å². The Kier molecular flexibility index (Phi) is 9.24. The average Bonchev–Trinajstić information content (AvgIpc) is 2.50. The molecular formula is C16H28N2O2. The minimum atomic E-state index is 0.349. The summed E-state index contributed by atoms with van der Waals surface area (Å²) in [5.41, 5.74) is 1.33. The number of nitrogens with zero attached hydrogens (tertiary/aromatic N) is 1. The molecule has 114 valence electrons. The van der Waals surface area contributed by atoms with Gasteiger partial charge in [0.1, 0.15) is 0 Å². The highest BCUT2D eigenvalue weighted by atomic mass is 16.5. The first-order chi connectivity index (χ1) is 9.83. The highest BCUT2D eigenvalue weighted by Crippen LogP contribution is 2.19. The van der Waals surface area contributed by atoms with Gasteiger partial charge >= 0.3 is 0 Å². The fourth-order valence-corrected chi connectivity index (χ4v) is 2.25. The molecule has 0 aliphatic heterocycles. The highest BCUT2D eigenvalue weighted by Gasteiger charge is 2.19. The van der Waals surface area contributed by atoms with Crippen LogP contribution in [-0.2, 0) is 9.47 Å².